The molecule has 4 atom stereocenters. The van der Waals surface area contributed by atoms with E-state index in [0.29, 0.717) is 46.0 Å². The van der Waals surface area contributed by atoms with Gasteiger partial charge in [0.25, 0.3) is 0 Å². The molecule has 2 saturated heterocycles. The monoisotopic (exact) mass is 808 g/mol. The van der Waals surface area contributed by atoms with Crippen molar-refractivity contribution in [3.8, 4) is 22.3 Å². The van der Waals surface area contributed by atoms with Gasteiger partial charge in [-0.25, -0.2) is 13.6 Å². The van der Waals surface area contributed by atoms with E-state index in [1.807, 2.05) is 50.2 Å². The van der Waals surface area contributed by atoms with Gasteiger partial charge in [-0.1, -0.05) is 85.6 Å². The van der Waals surface area contributed by atoms with Crippen molar-refractivity contribution < 1.29 is 42.5 Å². The SMILES string of the molecule is CC(C)COC(=O)OC(=O)[C@]1(C)C[C@@H](Cc2ccc(-c3cc(Cl)ccc3F)cc2)NC1=O.C[C@@]1(CO)C[C@@H](Cc2ccc(-c3cc(Cl)ccc3F)cc2)NC1=O. The first-order chi connectivity index (χ1) is 26.5. The maximum absolute atomic E-state index is 14.1. The Balaban J connectivity index is 0.000000223. The lowest BCUT2D eigenvalue weighted by atomic mass is 9.86. The Morgan fingerprint density at radius 1 is 0.768 bits per heavy atom. The molecule has 0 bridgehead atoms. The molecule has 0 aromatic heterocycles. The summed E-state index contributed by atoms with van der Waals surface area (Å²) in [6.45, 7) is 6.89. The maximum atomic E-state index is 14.1. The van der Waals surface area contributed by atoms with E-state index in [1.54, 1.807) is 31.2 Å². The zero-order valence-corrected chi connectivity index (χ0v) is 33.0. The summed E-state index contributed by atoms with van der Waals surface area (Å²) >= 11 is 11.9. The Kier molecular flexibility index (Phi) is 13.6. The first-order valence-corrected chi connectivity index (χ1v) is 19.0. The molecule has 56 heavy (non-hydrogen) atoms. The number of aliphatic hydroxyl groups is 1. The number of aliphatic hydroxyl groups excluding tert-OH is 1. The number of ether oxygens (including phenoxy) is 2. The lowest BCUT2D eigenvalue weighted by Crippen LogP contribution is -2.38. The van der Waals surface area contributed by atoms with Crippen molar-refractivity contribution in [3.05, 3.63) is 118 Å². The summed E-state index contributed by atoms with van der Waals surface area (Å²) in [5.41, 5.74) is 2.07. The van der Waals surface area contributed by atoms with Crippen molar-refractivity contribution in [2.75, 3.05) is 13.2 Å². The fourth-order valence-electron chi connectivity index (χ4n) is 6.69. The minimum Gasteiger partial charge on any atom is -0.434 e. The Morgan fingerprint density at radius 3 is 1.68 bits per heavy atom. The van der Waals surface area contributed by atoms with Gasteiger partial charge in [0, 0.05) is 33.3 Å². The molecular weight excluding hydrogens is 765 g/mol. The van der Waals surface area contributed by atoms with Crippen LogP contribution in [0, 0.1) is 28.4 Å². The van der Waals surface area contributed by atoms with Crippen molar-refractivity contribution in [2.24, 2.45) is 16.7 Å². The second-order valence-corrected chi connectivity index (χ2v) is 16.1. The van der Waals surface area contributed by atoms with Crippen LogP contribution in [-0.2, 0) is 36.7 Å². The number of amides is 2. The number of hydrogen-bond acceptors (Lipinski definition) is 7. The summed E-state index contributed by atoms with van der Waals surface area (Å²) in [5, 5.41) is 16.0. The van der Waals surface area contributed by atoms with Gasteiger partial charge in [0.1, 0.15) is 17.0 Å². The normalized spacial score (nSPS) is 21.5. The molecule has 0 spiro atoms. The Labute approximate surface area is 334 Å². The average Bonchev–Trinajstić information content (AvgIpc) is 3.62. The van der Waals surface area contributed by atoms with Crippen molar-refractivity contribution >= 4 is 47.1 Å². The highest BCUT2D eigenvalue weighted by atomic mass is 35.5. The van der Waals surface area contributed by atoms with Gasteiger partial charge in [0.15, 0.2) is 0 Å². The van der Waals surface area contributed by atoms with Gasteiger partial charge in [-0.15, -0.1) is 0 Å². The summed E-state index contributed by atoms with van der Waals surface area (Å²) in [5.74, 6) is -2.12. The minimum absolute atomic E-state index is 0.00315. The van der Waals surface area contributed by atoms with Crippen LogP contribution >= 0.6 is 23.2 Å². The molecule has 2 aliphatic heterocycles. The molecule has 6 rings (SSSR count). The topological polar surface area (TPSA) is 131 Å². The van der Waals surface area contributed by atoms with Crippen LogP contribution in [0.3, 0.4) is 0 Å². The third-order valence-electron chi connectivity index (χ3n) is 9.93. The highest BCUT2D eigenvalue weighted by molar-refractivity contribution is 6.31. The van der Waals surface area contributed by atoms with Crippen LogP contribution in [-0.4, -0.2) is 54.3 Å². The molecule has 2 amide bonds. The van der Waals surface area contributed by atoms with E-state index >= 15 is 0 Å². The number of nitrogens with one attached hydrogen (secondary N) is 2. The fraction of sp³-hybridized carbons (Fsp3) is 0.349. The molecule has 0 radical (unpaired) electrons. The highest BCUT2D eigenvalue weighted by Gasteiger charge is 2.51. The Morgan fingerprint density at radius 2 is 1.23 bits per heavy atom. The molecule has 2 fully saturated rings. The van der Waals surface area contributed by atoms with Crippen LogP contribution in [0.1, 0.15) is 51.7 Å². The van der Waals surface area contributed by atoms with Crippen LogP contribution < -0.4 is 10.6 Å². The summed E-state index contributed by atoms with van der Waals surface area (Å²) in [7, 11) is 0. The van der Waals surface area contributed by atoms with Gasteiger partial charge in [0.2, 0.25) is 11.8 Å². The van der Waals surface area contributed by atoms with E-state index < -0.39 is 28.9 Å². The second kappa shape index (κ2) is 18.0. The predicted molar refractivity (Wildman–Crippen MR) is 210 cm³/mol. The lowest BCUT2D eigenvalue weighted by Gasteiger charge is -2.18. The number of carbonyl (C=O) groups excluding carboxylic acids is 4. The molecule has 0 unspecified atom stereocenters. The molecule has 4 aromatic rings. The van der Waals surface area contributed by atoms with E-state index in [-0.39, 0.29) is 55.2 Å². The summed E-state index contributed by atoms with van der Waals surface area (Å²) in [6.07, 6.45) is 0.814. The van der Waals surface area contributed by atoms with Crippen LogP contribution in [0.25, 0.3) is 22.3 Å². The van der Waals surface area contributed by atoms with Crippen molar-refractivity contribution in [3.63, 3.8) is 0 Å². The summed E-state index contributed by atoms with van der Waals surface area (Å²) in [4.78, 5) is 48.5. The molecule has 0 aliphatic carbocycles. The molecule has 0 saturated carbocycles. The molecule has 4 aromatic carbocycles. The molecular formula is C43H44Cl2F2N2O7. The van der Waals surface area contributed by atoms with Gasteiger partial charge < -0.3 is 25.2 Å². The number of carbonyl (C=O) groups is 4. The largest absolute Gasteiger partial charge is 0.516 e. The number of esters is 1. The van der Waals surface area contributed by atoms with Gasteiger partial charge in [-0.2, -0.15) is 0 Å². The average molecular weight is 810 g/mol. The standard InChI is InChI=1S/C24H25ClFNO5.C19H19ClFNO2/c1-14(2)13-31-23(30)32-22(29)24(3)12-18(27-21(24)28)10-15-4-6-16(7-5-15)19-11-17(25)8-9-20(19)26;1-19(11-23)10-15(22-18(19)24)8-12-2-4-13(5-3-12)16-9-14(20)6-7-17(16)21/h4-9,11,14,18H,10,12-13H2,1-3H3,(H,27,28);2-7,9,15,23H,8,10-11H2,1H3,(H,22,24)/t18-,24-;15-,19+/m11/s1. The van der Waals surface area contributed by atoms with E-state index in [0.717, 1.165) is 16.7 Å². The van der Waals surface area contributed by atoms with Crippen molar-refractivity contribution in [2.45, 2.75) is 65.5 Å². The minimum atomic E-state index is -1.48. The maximum Gasteiger partial charge on any atom is 0.516 e. The number of rotatable bonds is 10. The van der Waals surface area contributed by atoms with Gasteiger partial charge in [0.05, 0.1) is 18.6 Å². The number of halogens is 4. The Bertz CT molecular complexity index is 2080. The quantitative estimate of drug-likeness (QED) is 0.108. The first kappa shape index (κ1) is 42.3. The third-order valence-corrected chi connectivity index (χ3v) is 10.4. The second-order valence-electron chi connectivity index (χ2n) is 15.2. The van der Waals surface area contributed by atoms with E-state index in [9.17, 15) is 33.1 Å². The molecule has 13 heteroatoms. The van der Waals surface area contributed by atoms with Crippen LogP contribution in [0.4, 0.5) is 13.6 Å². The zero-order valence-electron chi connectivity index (χ0n) is 31.5. The molecule has 296 valence electrons. The third kappa shape index (κ3) is 10.3. The van der Waals surface area contributed by atoms with Gasteiger partial charge in [-0.3, -0.25) is 14.4 Å². The zero-order chi connectivity index (χ0) is 40.8. The van der Waals surface area contributed by atoms with Crippen LogP contribution in [0.15, 0.2) is 84.9 Å². The number of benzene rings is 4. The predicted octanol–water partition coefficient (Wildman–Crippen LogP) is 8.49. The van der Waals surface area contributed by atoms with E-state index in [1.165, 1.54) is 31.2 Å². The highest BCUT2D eigenvalue weighted by Crippen LogP contribution is 2.34. The first-order valence-electron chi connectivity index (χ1n) is 18.2. The van der Waals surface area contributed by atoms with Crippen LogP contribution in [0.5, 0.6) is 0 Å². The fourth-order valence-corrected chi connectivity index (χ4v) is 7.03. The van der Waals surface area contributed by atoms with E-state index in [4.69, 9.17) is 32.7 Å². The van der Waals surface area contributed by atoms with Crippen molar-refractivity contribution in [1.29, 1.82) is 0 Å². The van der Waals surface area contributed by atoms with E-state index in [2.05, 4.69) is 10.6 Å². The number of hydrogen-bond donors (Lipinski definition) is 3. The molecule has 9 nitrogen and oxygen atoms in total. The molecule has 2 heterocycles. The van der Waals surface area contributed by atoms with Crippen LogP contribution in [0.2, 0.25) is 10.0 Å². The van der Waals surface area contributed by atoms with Crippen molar-refractivity contribution in [1.82, 2.24) is 10.6 Å². The molecule has 3 N–H and O–H groups in total. The van der Waals surface area contributed by atoms with Gasteiger partial charge in [-0.05, 0) is 104 Å². The lowest BCUT2D eigenvalue weighted by molar-refractivity contribution is -0.154. The summed E-state index contributed by atoms with van der Waals surface area (Å²) < 4.78 is 37.6. The molecule has 2 aliphatic rings. The smallest absolute Gasteiger partial charge is 0.434 e. The Hall–Kier alpha value is -4.84. The summed E-state index contributed by atoms with van der Waals surface area (Å²) in [6, 6.07) is 23.3. The van der Waals surface area contributed by atoms with Gasteiger partial charge >= 0.3 is 12.1 Å².